The number of rotatable bonds is 6. The summed E-state index contributed by atoms with van der Waals surface area (Å²) >= 11 is 0. The summed E-state index contributed by atoms with van der Waals surface area (Å²) < 4.78 is 11.2. The van der Waals surface area contributed by atoms with Gasteiger partial charge in [0.25, 0.3) is 0 Å². The lowest BCUT2D eigenvalue weighted by molar-refractivity contribution is -0.142. The minimum atomic E-state index is -1.12. The average Bonchev–Trinajstić information content (AvgIpc) is 3.13. The minimum absolute atomic E-state index is 0.0989. The molecule has 1 fully saturated rings. The van der Waals surface area contributed by atoms with Gasteiger partial charge in [-0.3, -0.25) is 28.9 Å². The van der Waals surface area contributed by atoms with Crippen molar-refractivity contribution < 1.29 is 43.7 Å². The van der Waals surface area contributed by atoms with Gasteiger partial charge in [-0.25, -0.2) is 0 Å². The SMILES string of the molecule is COc1cc(O)cc(OC)c1[C@H]1C2=CC[C@@H]3C(=O)N(CCC(=O)O)C(=O)[C@@H]3[C@@H]2CC2=C1C(=O)C(C)=CC2=O. The summed E-state index contributed by atoms with van der Waals surface area (Å²) in [6.07, 6.45) is 3.10. The van der Waals surface area contributed by atoms with Crippen LogP contribution in [-0.2, 0) is 24.0 Å². The lowest BCUT2D eigenvalue weighted by Gasteiger charge is -2.42. The van der Waals surface area contributed by atoms with Crippen LogP contribution >= 0.6 is 0 Å². The number of carboxylic acid groups (broad SMARTS) is 1. The Labute approximate surface area is 218 Å². The van der Waals surface area contributed by atoms with Gasteiger partial charge in [0.05, 0.1) is 32.5 Å². The van der Waals surface area contributed by atoms with E-state index in [2.05, 4.69) is 0 Å². The fourth-order valence-corrected chi connectivity index (χ4v) is 6.40. The zero-order valence-electron chi connectivity index (χ0n) is 21.1. The third-order valence-electron chi connectivity index (χ3n) is 8.02. The average molecular weight is 522 g/mol. The number of aromatic hydroxyl groups is 1. The van der Waals surface area contributed by atoms with Crippen molar-refractivity contribution >= 4 is 29.4 Å². The van der Waals surface area contributed by atoms with Gasteiger partial charge in [-0.1, -0.05) is 11.6 Å². The Bertz CT molecular complexity index is 1370. The fourth-order valence-electron chi connectivity index (χ4n) is 6.40. The van der Waals surface area contributed by atoms with Gasteiger partial charge >= 0.3 is 5.97 Å². The second-order valence-corrected chi connectivity index (χ2v) is 9.96. The Hall–Kier alpha value is -4.21. The molecule has 0 spiro atoms. The summed E-state index contributed by atoms with van der Waals surface area (Å²) in [7, 11) is 2.83. The zero-order valence-corrected chi connectivity index (χ0v) is 21.1. The number of phenolic OH excluding ortho intramolecular Hbond substituents is 1. The quantitative estimate of drug-likeness (QED) is 0.327. The number of aliphatic carboxylic acids is 1. The number of carboxylic acids is 1. The van der Waals surface area contributed by atoms with Crippen LogP contribution in [-0.4, -0.2) is 65.2 Å². The van der Waals surface area contributed by atoms with E-state index in [0.29, 0.717) is 11.1 Å². The van der Waals surface area contributed by atoms with Crippen LogP contribution in [0.4, 0.5) is 0 Å². The molecule has 1 heterocycles. The first kappa shape index (κ1) is 25.4. The van der Waals surface area contributed by atoms with Crippen LogP contribution in [0.1, 0.15) is 37.7 Å². The van der Waals surface area contributed by atoms with E-state index in [1.54, 1.807) is 6.92 Å². The monoisotopic (exact) mass is 521 g/mol. The van der Waals surface area contributed by atoms with E-state index >= 15 is 0 Å². The first-order chi connectivity index (χ1) is 18.1. The van der Waals surface area contributed by atoms with Crippen LogP contribution < -0.4 is 9.47 Å². The molecular weight excluding hydrogens is 494 g/mol. The Kier molecular flexibility index (Phi) is 6.21. The van der Waals surface area contributed by atoms with Crippen LogP contribution in [0.3, 0.4) is 0 Å². The van der Waals surface area contributed by atoms with Crippen LogP contribution in [0.5, 0.6) is 17.2 Å². The van der Waals surface area contributed by atoms with Crippen molar-refractivity contribution in [3.8, 4) is 17.2 Å². The Balaban J connectivity index is 1.70. The molecule has 3 aliphatic carbocycles. The molecule has 5 rings (SSSR count). The number of ketones is 2. The molecule has 38 heavy (non-hydrogen) atoms. The summed E-state index contributed by atoms with van der Waals surface area (Å²) in [4.78, 5) is 65.6. The zero-order chi connectivity index (χ0) is 27.5. The van der Waals surface area contributed by atoms with Crippen molar-refractivity contribution in [1.82, 2.24) is 4.90 Å². The highest BCUT2D eigenvalue weighted by Gasteiger charge is 2.56. The summed E-state index contributed by atoms with van der Waals surface area (Å²) in [5.41, 5.74) is 1.97. The van der Waals surface area contributed by atoms with Gasteiger partial charge in [0, 0.05) is 46.9 Å². The third-order valence-corrected chi connectivity index (χ3v) is 8.02. The number of carbonyl (C=O) groups is 5. The largest absolute Gasteiger partial charge is 0.508 e. The highest BCUT2D eigenvalue weighted by Crippen LogP contribution is 2.57. The number of methoxy groups -OCH3 is 2. The third kappa shape index (κ3) is 3.74. The second kappa shape index (κ2) is 9.27. The van der Waals surface area contributed by atoms with Gasteiger partial charge in [-0.2, -0.15) is 0 Å². The summed E-state index contributed by atoms with van der Waals surface area (Å²) in [6, 6.07) is 2.78. The maximum Gasteiger partial charge on any atom is 0.305 e. The number of imide groups is 1. The molecule has 1 saturated heterocycles. The molecule has 1 aliphatic heterocycles. The normalized spacial score (nSPS) is 26.4. The summed E-state index contributed by atoms with van der Waals surface area (Å²) in [6.45, 7) is 1.35. The van der Waals surface area contributed by atoms with Crippen molar-refractivity contribution in [1.29, 1.82) is 0 Å². The summed E-state index contributed by atoms with van der Waals surface area (Å²) in [5.74, 6) is -5.14. The topological polar surface area (TPSA) is 148 Å². The molecule has 198 valence electrons. The van der Waals surface area contributed by atoms with Gasteiger partial charge in [0.2, 0.25) is 11.8 Å². The Morgan fingerprint density at radius 2 is 1.71 bits per heavy atom. The highest BCUT2D eigenvalue weighted by atomic mass is 16.5. The standard InChI is InChI=1S/C28H27NO9/c1-12-8-18(31)17-11-16-14(4-5-15-22(16)28(36)29(27(15)35)7-6-21(32)33)23(24(17)26(12)34)25-19(37-2)9-13(30)10-20(25)38-3/h4,8-10,15-16,22-23,30H,5-7,11H2,1-3H3,(H,32,33)/t15-,16+,22-,23-/m0/s1. The number of amides is 2. The molecule has 1 aromatic carbocycles. The summed E-state index contributed by atoms with van der Waals surface area (Å²) in [5, 5.41) is 19.3. The lowest BCUT2D eigenvalue weighted by Crippen LogP contribution is -2.40. The highest BCUT2D eigenvalue weighted by molar-refractivity contribution is 6.24. The predicted octanol–water partition coefficient (Wildman–Crippen LogP) is 2.31. The van der Waals surface area contributed by atoms with Gasteiger partial charge in [0.15, 0.2) is 11.6 Å². The van der Waals surface area contributed by atoms with Gasteiger partial charge < -0.3 is 19.7 Å². The minimum Gasteiger partial charge on any atom is -0.508 e. The number of Topliss-reactive ketones (excluding diaryl/α,β-unsaturated/α-hetero) is 1. The molecule has 10 nitrogen and oxygen atoms in total. The van der Waals surface area contributed by atoms with Crippen LogP contribution in [0.25, 0.3) is 0 Å². The number of ether oxygens (including phenoxy) is 2. The molecule has 4 aliphatic rings. The van der Waals surface area contributed by atoms with Crippen molar-refractivity contribution in [3.05, 3.63) is 52.1 Å². The van der Waals surface area contributed by atoms with Crippen LogP contribution in [0, 0.1) is 17.8 Å². The first-order valence-corrected chi connectivity index (χ1v) is 12.3. The molecular formula is C28H27NO9. The van der Waals surface area contributed by atoms with Gasteiger partial charge in [-0.05, 0) is 31.8 Å². The van der Waals surface area contributed by atoms with E-state index in [0.717, 1.165) is 4.90 Å². The maximum atomic E-state index is 13.6. The van der Waals surface area contributed by atoms with Gasteiger partial charge in [0.1, 0.15) is 17.2 Å². The number of nitrogens with zero attached hydrogens (tertiary/aromatic N) is 1. The van der Waals surface area contributed by atoms with E-state index in [-0.39, 0.29) is 71.3 Å². The van der Waals surface area contributed by atoms with E-state index in [9.17, 15) is 29.1 Å². The lowest BCUT2D eigenvalue weighted by atomic mass is 9.59. The number of benzene rings is 1. The molecule has 2 N–H and O–H groups in total. The molecule has 2 amide bonds. The predicted molar refractivity (Wildman–Crippen MR) is 132 cm³/mol. The first-order valence-electron chi connectivity index (χ1n) is 12.3. The van der Waals surface area contributed by atoms with E-state index in [1.807, 2.05) is 6.08 Å². The maximum absolute atomic E-state index is 13.6. The van der Waals surface area contributed by atoms with Crippen molar-refractivity contribution in [2.24, 2.45) is 17.8 Å². The molecule has 10 heteroatoms. The van der Waals surface area contributed by atoms with Gasteiger partial charge in [-0.15, -0.1) is 0 Å². The molecule has 4 atom stereocenters. The second-order valence-electron chi connectivity index (χ2n) is 9.96. The molecule has 0 bridgehead atoms. The number of likely N-dealkylation sites (tertiary alicyclic amines) is 1. The fraction of sp³-hybridized carbons (Fsp3) is 0.393. The molecule has 0 radical (unpaired) electrons. The number of phenols is 1. The number of carbonyl (C=O) groups excluding carboxylic acids is 4. The van der Waals surface area contributed by atoms with Crippen molar-refractivity contribution in [3.63, 3.8) is 0 Å². The Morgan fingerprint density at radius 1 is 1.05 bits per heavy atom. The number of fused-ring (bicyclic) bond motifs is 3. The van der Waals surface area contributed by atoms with Crippen LogP contribution in [0.15, 0.2) is 46.6 Å². The number of allylic oxidation sites excluding steroid dienone is 6. The van der Waals surface area contributed by atoms with E-state index in [1.165, 1.54) is 32.4 Å². The van der Waals surface area contributed by atoms with E-state index < -0.39 is 41.5 Å². The number of hydrogen-bond donors (Lipinski definition) is 2. The molecule has 0 aromatic heterocycles. The number of hydrogen-bond acceptors (Lipinski definition) is 8. The van der Waals surface area contributed by atoms with E-state index in [4.69, 9.17) is 14.6 Å². The van der Waals surface area contributed by atoms with Crippen LogP contribution in [0.2, 0.25) is 0 Å². The Morgan fingerprint density at radius 3 is 2.32 bits per heavy atom. The van der Waals surface area contributed by atoms with Crippen molar-refractivity contribution in [2.45, 2.75) is 32.1 Å². The molecule has 1 aromatic rings. The molecule has 0 saturated carbocycles. The molecule has 0 unspecified atom stereocenters. The smallest absolute Gasteiger partial charge is 0.305 e. The van der Waals surface area contributed by atoms with Crippen molar-refractivity contribution in [2.75, 3.05) is 20.8 Å².